The molecule has 65 heavy (non-hydrogen) atoms. The molecular weight excluding hydrogens is 895 g/mol. The Hall–Kier alpha value is -7.00. The van der Waals surface area contributed by atoms with Crippen molar-refractivity contribution >= 4 is 51.7 Å². The monoisotopic (exact) mass is 946 g/mol. The first kappa shape index (κ1) is 50.6. The number of ether oxygens (including phenoxy) is 2. The van der Waals surface area contributed by atoms with Gasteiger partial charge in [-0.25, -0.2) is 19.9 Å². The molecular formula is C45H52BBrN12O6. The lowest BCUT2D eigenvalue weighted by atomic mass is 9.80. The topological polar surface area (TPSA) is 212 Å². The summed E-state index contributed by atoms with van der Waals surface area (Å²) in [5, 5.41) is 18.3. The third-order valence-electron chi connectivity index (χ3n) is 10.5. The molecule has 7 rings (SSSR count). The summed E-state index contributed by atoms with van der Waals surface area (Å²) in [5.41, 5.74) is 3.64. The Morgan fingerprint density at radius 3 is 1.65 bits per heavy atom. The highest BCUT2D eigenvalue weighted by molar-refractivity contribution is 9.10. The second-order valence-electron chi connectivity index (χ2n) is 14.9. The number of aromatic nitrogens is 8. The van der Waals surface area contributed by atoms with Crippen LogP contribution in [0.3, 0.4) is 0 Å². The Morgan fingerprint density at radius 1 is 0.738 bits per heavy atom. The predicted octanol–water partition coefficient (Wildman–Crippen LogP) is 6.57. The van der Waals surface area contributed by atoms with Crippen molar-refractivity contribution < 1.29 is 28.4 Å². The molecule has 0 bridgehead atoms. The number of nitrogens with zero attached hydrogens (tertiary/aromatic N) is 12. The van der Waals surface area contributed by atoms with Crippen LogP contribution in [-0.4, -0.2) is 96.5 Å². The smallest absolute Gasteiger partial charge is 0.480 e. The molecule has 0 atom stereocenters. The number of hydrogen-bond donors (Lipinski definition) is 0. The number of methoxy groups -OCH3 is 2. The van der Waals surface area contributed by atoms with Crippen molar-refractivity contribution in [3.05, 3.63) is 113 Å². The minimum atomic E-state index is -0.518. The summed E-state index contributed by atoms with van der Waals surface area (Å²) in [5.74, 6) is 0.815. The Balaban J connectivity index is 0.000000218. The van der Waals surface area contributed by atoms with E-state index in [1.807, 2.05) is 65.8 Å². The molecule has 0 saturated carbocycles. The summed E-state index contributed by atoms with van der Waals surface area (Å²) in [6, 6.07) is 14.7. The van der Waals surface area contributed by atoms with Crippen LogP contribution in [0.5, 0.6) is 11.8 Å². The summed E-state index contributed by atoms with van der Waals surface area (Å²) >= 11 is 3.28. The van der Waals surface area contributed by atoms with Crippen LogP contribution >= 0.6 is 15.9 Å². The Morgan fingerprint density at radius 2 is 1.22 bits per heavy atom. The first-order valence-corrected chi connectivity index (χ1v) is 20.7. The Labute approximate surface area is 388 Å². The van der Waals surface area contributed by atoms with Crippen LogP contribution in [0.2, 0.25) is 0 Å². The predicted molar refractivity (Wildman–Crippen MR) is 250 cm³/mol. The minimum absolute atomic E-state index is 0. The van der Waals surface area contributed by atoms with Crippen LogP contribution in [0.1, 0.15) is 81.1 Å². The van der Waals surface area contributed by atoms with Crippen LogP contribution in [0, 0.1) is 22.7 Å². The van der Waals surface area contributed by atoms with Gasteiger partial charge in [-0.1, -0.05) is 7.43 Å². The van der Waals surface area contributed by atoms with E-state index in [1.165, 1.54) is 20.4 Å². The Kier molecular flexibility index (Phi) is 17.2. The fraction of sp³-hybridized carbons (Fsp3) is 0.333. The number of anilines is 2. The molecule has 1 aliphatic heterocycles. The molecule has 1 saturated heterocycles. The molecule has 0 aliphatic carbocycles. The fourth-order valence-electron chi connectivity index (χ4n) is 6.29. The van der Waals surface area contributed by atoms with E-state index in [1.54, 1.807) is 94.6 Å². The average molecular weight is 948 g/mol. The number of carbonyl (C=O) groups is 2. The number of nitriles is 2. The molecule has 6 aromatic heterocycles. The van der Waals surface area contributed by atoms with Gasteiger partial charge in [0.05, 0.1) is 61.6 Å². The number of imidazole rings is 2. The standard InChI is InChI=1S/C19H18N6O2.C13H17BN2O3.C12H13BrN4O.CH4/c1-4-25(15-6-5-7-21-11-15)19(26)16-12-22-17(24(16)2)14-8-13(9-20)18(27-3)23-10-14;1-12(2)13(3,4)19-14(18-12)10-6-9(7-15)11(17-5)16-8-10;1-3-17(9-5-4-6-14-7-9)11(18)10-8-15-12(13)16(10)2;/h5-8,10-12H,4H2,1-3H3;6,8H,1-5H3;4-8H,3H2,1-2H3;1H4. The van der Waals surface area contributed by atoms with Gasteiger partial charge >= 0.3 is 7.12 Å². The van der Waals surface area contributed by atoms with E-state index < -0.39 is 18.3 Å². The number of rotatable bonds is 10. The van der Waals surface area contributed by atoms with E-state index >= 15 is 0 Å². The zero-order chi connectivity index (χ0) is 46.8. The maximum absolute atomic E-state index is 13.0. The molecule has 6 aromatic rings. The maximum atomic E-state index is 13.0. The van der Waals surface area contributed by atoms with Gasteiger partial charge in [-0.05, 0) is 93.9 Å². The molecule has 0 unspecified atom stereocenters. The molecule has 7 heterocycles. The number of pyridine rings is 4. The van der Waals surface area contributed by atoms with E-state index in [0.717, 1.165) is 11.2 Å². The van der Waals surface area contributed by atoms with Crippen molar-refractivity contribution in [3.8, 4) is 35.3 Å². The molecule has 1 fully saturated rings. The lowest BCUT2D eigenvalue weighted by Gasteiger charge is -2.32. The molecule has 1 aliphatic rings. The first-order valence-electron chi connectivity index (χ1n) is 19.9. The zero-order valence-corrected chi connectivity index (χ0v) is 38.9. The van der Waals surface area contributed by atoms with E-state index in [4.69, 9.17) is 24.0 Å². The summed E-state index contributed by atoms with van der Waals surface area (Å²) < 4.78 is 25.9. The van der Waals surface area contributed by atoms with Gasteiger partial charge < -0.3 is 37.7 Å². The van der Waals surface area contributed by atoms with Crippen LogP contribution in [-0.2, 0) is 23.4 Å². The number of hydrogen-bond acceptors (Lipinski definition) is 14. The van der Waals surface area contributed by atoms with Gasteiger partial charge in [0.15, 0.2) is 4.73 Å². The van der Waals surface area contributed by atoms with E-state index in [0.29, 0.717) is 63.3 Å². The van der Waals surface area contributed by atoms with E-state index in [2.05, 4.69) is 51.9 Å². The number of carbonyl (C=O) groups excluding carboxylic acids is 2. The van der Waals surface area contributed by atoms with Gasteiger partial charge in [0.25, 0.3) is 11.8 Å². The normalized spacial score (nSPS) is 13.0. The maximum Gasteiger partial charge on any atom is 0.496 e. The lowest BCUT2D eigenvalue weighted by molar-refractivity contribution is 0.00578. The van der Waals surface area contributed by atoms with Crippen LogP contribution in [0.25, 0.3) is 11.4 Å². The van der Waals surface area contributed by atoms with E-state index in [-0.39, 0.29) is 25.1 Å². The summed E-state index contributed by atoms with van der Waals surface area (Å²) in [6.07, 6.45) is 12.9. The molecule has 20 heteroatoms. The van der Waals surface area contributed by atoms with Crippen molar-refractivity contribution in [2.75, 3.05) is 37.1 Å². The Bertz CT molecular complexity index is 2650. The summed E-state index contributed by atoms with van der Waals surface area (Å²) in [6.45, 7) is 12.8. The molecule has 0 N–H and O–H groups in total. The molecule has 18 nitrogen and oxygen atoms in total. The number of halogens is 1. The van der Waals surface area contributed by atoms with Crippen molar-refractivity contribution in [1.82, 2.24) is 39.0 Å². The van der Waals surface area contributed by atoms with Crippen LogP contribution in [0.15, 0.2) is 90.7 Å². The SMILES string of the molecule is C.CCN(C(=O)c1cnc(-c2cnc(OC)c(C#N)c2)n1C)c1cccnc1.CCN(C(=O)c1cnc(Br)n1C)c1cccnc1.COc1ncc(B2OC(C)(C)C(C)(C)O2)cc1C#N. The number of amides is 2. The fourth-order valence-corrected chi connectivity index (χ4v) is 6.58. The minimum Gasteiger partial charge on any atom is -0.480 e. The summed E-state index contributed by atoms with van der Waals surface area (Å²) in [4.78, 5) is 53.5. The van der Waals surface area contributed by atoms with Crippen molar-refractivity contribution in [3.63, 3.8) is 0 Å². The van der Waals surface area contributed by atoms with Crippen molar-refractivity contribution in [2.45, 2.75) is 60.2 Å². The third-order valence-corrected chi connectivity index (χ3v) is 11.3. The van der Waals surface area contributed by atoms with Crippen molar-refractivity contribution in [1.29, 1.82) is 10.5 Å². The molecule has 0 radical (unpaired) electrons. The second-order valence-corrected chi connectivity index (χ2v) is 15.6. The average Bonchev–Trinajstić information content (AvgIpc) is 3.93. The molecule has 2 amide bonds. The second kappa shape index (κ2) is 22.1. The van der Waals surface area contributed by atoms with Crippen LogP contribution in [0.4, 0.5) is 11.4 Å². The molecule has 0 spiro atoms. The zero-order valence-electron chi connectivity index (χ0n) is 37.3. The van der Waals surface area contributed by atoms with Gasteiger partial charge in [0.2, 0.25) is 11.8 Å². The summed E-state index contributed by atoms with van der Waals surface area (Å²) in [7, 11) is 5.97. The largest absolute Gasteiger partial charge is 0.496 e. The third kappa shape index (κ3) is 11.2. The van der Waals surface area contributed by atoms with Crippen LogP contribution < -0.4 is 24.7 Å². The van der Waals surface area contributed by atoms with E-state index in [9.17, 15) is 14.9 Å². The van der Waals surface area contributed by atoms with Crippen molar-refractivity contribution in [2.24, 2.45) is 14.1 Å². The quantitative estimate of drug-likeness (QED) is 0.133. The van der Waals surface area contributed by atoms with Gasteiger partial charge in [0.1, 0.15) is 40.5 Å². The highest BCUT2D eigenvalue weighted by atomic mass is 79.9. The van der Waals surface area contributed by atoms with Gasteiger partial charge in [-0.2, -0.15) is 10.5 Å². The molecule has 0 aromatic carbocycles. The van der Waals surface area contributed by atoms with Gasteiger partial charge in [-0.15, -0.1) is 0 Å². The lowest BCUT2D eigenvalue weighted by Crippen LogP contribution is -2.41. The highest BCUT2D eigenvalue weighted by Gasteiger charge is 2.52. The highest BCUT2D eigenvalue weighted by Crippen LogP contribution is 2.36. The van der Waals surface area contributed by atoms with Gasteiger partial charge in [-0.3, -0.25) is 19.6 Å². The van der Waals surface area contributed by atoms with Gasteiger partial charge in [0, 0.05) is 63.0 Å². The first-order chi connectivity index (χ1) is 30.6. The molecule has 338 valence electrons.